The largest absolute Gasteiger partial charge is 0.102 e. The summed E-state index contributed by atoms with van der Waals surface area (Å²) in [5.41, 5.74) is 0. The van der Waals surface area contributed by atoms with Gasteiger partial charge in [0, 0.05) is 0 Å². The summed E-state index contributed by atoms with van der Waals surface area (Å²) in [7, 11) is -2.63. The zero-order chi connectivity index (χ0) is 42.7. The fourth-order valence-electron chi connectivity index (χ4n) is 6.94. The Bertz CT molecular complexity index is 1890. The third kappa shape index (κ3) is 14.3. The van der Waals surface area contributed by atoms with E-state index in [0.717, 1.165) is 0 Å². The molecular weight excluding hydrogens is 890 g/mol. The zero-order valence-corrected chi connectivity index (χ0v) is 38.6. The van der Waals surface area contributed by atoms with Crippen LogP contribution in [-0.2, 0) is 23.6 Å². The van der Waals surface area contributed by atoms with E-state index in [1.165, 1.54) is 47.7 Å². The van der Waals surface area contributed by atoms with Crippen LogP contribution in [0.25, 0.3) is 0 Å². The van der Waals surface area contributed by atoms with Gasteiger partial charge in [0.05, 0.1) is 23.8 Å². The smallest absolute Gasteiger partial charge is 0.0620 e. The molecule has 6 heteroatoms. The van der Waals surface area contributed by atoms with Gasteiger partial charge in [-0.15, -0.1) is 0 Å². The molecule has 0 fully saturated rings. The second-order valence-corrected chi connectivity index (χ2v) is 20.9. The van der Waals surface area contributed by atoms with Gasteiger partial charge in [0.25, 0.3) is 0 Å². The minimum Gasteiger partial charge on any atom is -0.0620 e. The van der Waals surface area contributed by atoms with E-state index in [0.29, 0.717) is 18.8 Å². The van der Waals surface area contributed by atoms with E-state index in [9.17, 15) is 3.32 Å². The van der Waals surface area contributed by atoms with Crippen LogP contribution in [0.5, 0.6) is 0 Å². The molecular formula is C55H50FOP3Ru+2. The molecule has 0 radical (unpaired) electrons. The summed E-state index contributed by atoms with van der Waals surface area (Å²) in [6.45, 7) is 3.25. The molecule has 0 unspecified atom stereocenters. The molecule has 0 aliphatic heterocycles. The van der Waals surface area contributed by atoms with Crippen molar-refractivity contribution >= 4 is 78.3 Å². The van der Waals surface area contributed by atoms with Crippen LogP contribution in [0.4, 0.5) is 3.32 Å². The first-order chi connectivity index (χ1) is 30.3. The average molecular weight is 940 g/mol. The van der Waals surface area contributed by atoms with E-state index in [-0.39, 0.29) is 0 Å². The molecule has 0 saturated heterocycles. The summed E-state index contributed by atoms with van der Waals surface area (Å²) >= 11 is 0.650. The average Bonchev–Trinajstić information content (AvgIpc) is 3.37. The number of hydrogen-bond donors (Lipinski definition) is 0. The fraction of sp³-hybridized carbons (Fsp3) is 0. The van der Waals surface area contributed by atoms with Crippen molar-refractivity contribution in [3.05, 3.63) is 273 Å². The quantitative estimate of drug-likeness (QED) is 0.0611. The third-order valence-electron chi connectivity index (χ3n) is 9.56. The van der Waals surface area contributed by atoms with Crippen LogP contribution in [0, 0.1) is 0 Å². The molecule has 0 aromatic heterocycles. The van der Waals surface area contributed by atoms with Crippen molar-refractivity contribution in [1.29, 1.82) is 0 Å². The number of halogens is 1. The Hall–Kier alpha value is -5.51. The molecule has 61 heavy (non-hydrogen) atoms. The predicted octanol–water partition coefficient (Wildman–Crippen LogP) is 9.41. The van der Waals surface area contributed by atoms with Crippen LogP contribution < -0.4 is 47.7 Å². The summed E-state index contributed by atoms with van der Waals surface area (Å²) in [6.07, 6.45) is 0. The van der Waals surface area contributed by atoms with Crippen molar-refractivity contribution in [3.63, 3.8) is 0 Å². The summed E-state index contributed by atoms with van der Waals surface area (Å²) < 4.78 is 9.47. The van der Waals surface area contributed by atoms with Gasteiger partial charge in [0.2, 0.25) is 0 Å². The first-order valence-electron chi connectivity index (χ1n) is 19.8. The van der Waals surface area contributed by atoms with Crippen LogP contribution in [0.15, 0.2) is 273 Å². The molecule has 0 bridgehead atoms. The first kappa shape index (κ1) is 46.6. The minimum absolute atomic E-state index is 0.650. The van der Waals surface area contributed by atoms with Gasteiger partial charge >= 0.3 is 22.1 Å². The Morgan fingerprint density at radius 3 is 0.377 bits per heavy atom. The Morgan fingerprint density at radius 2 is 0.295 bits per heavy atom. The number of carbonyl (C=O) groups excluding carboxylic acids is 1. The Labute approximate surface area is 375 Å². The monoisotopic (exact) mass is 940 g/mol. The Balaban J connectivity index is 0.000000166. The van der Waals surface area contributed by atoms with Crippen LogP contribution in [-0.4, -0.2) is 6.79 Å². The number of hydrogen-bond acceptors (Lipinski definition) is 1. The van der Waals surface area contributed by atoms with Crippen molar-refractivity contribution in [1.82, 2.24) is 0 Å². The second-order valence-electron chi connectivity index (χ2n) is 13.4. The third-order valence-corrected chi connectivity index (χ3v) is 17.8. The van der Waals surface area contributed by atoms with Crippen molar-refractivity contribution in [2.24, 2.45) is 0 Å². The van der Waals surface area contributed by atoms with Crippen molar-refractivity contribution in [3.8, 4) is 0 Å². The van der Waals surface area contributed by atoms with Crippen LogP contribution in [0.1, 0.15) is 0 Å². The molecule has 0 atom stereocenters. The van der Waals surface area contributed by atoms with Crippen LogP contribution in [0.3, 0.4) is 0 Å². The second kappa shape index (κ2) is 27.4. The summed E-state index contributed by atoms with van der Waals surface area (Å²) in [5, 5.41) is 12.9. The van der Waals surface area contributed by atoms with E-state index >= 15 is 0 Å². The zero-order valence-electron chi connectivity index (χ0n) is 33.7. The molecule has 9 aromatic rings. The molecule has 304 valence electrons. The standard InChI is InChI=1S/3C18H15P.CHO.FH.Ru.H/c3*1-4-10-16(11-5-1)19(17-12-6-2-7-13-17)18-14-8-3-9-15-18;1-2;;;/h3*1-15H;1H;1H;;/q;;;-1;;+1;/p+2. The van der Waals surface area contributed by atoms with Gasteiger partial charge < -0.3 is 4.79 Å². The van der Waals surface area contributed by atoms with Crippen LogP contribution >= 0.6 is 23.8 Å². The van der Waals surface area contributed by atoms with Gasteiger partial charge in [-0.1, -0.05) is 164 Å². The molecule has 0 aliphatic rings. The van der Waals surface area contributed by atoms with E-state index < -0.39 is 23.8 Å². The number of benzene rings is 9. The van der Waals surface area contributed by atoms with Gasteiger partial charge in [-0.05, 0) is 109 Å². The maximum atomic E-state index is 9.47. The van der Waals surface area contributed by atoms with E-state index in [2.05, 4.69) is 280 Å². The molecule has 1 nitrogen and oxygen atoms in total. The summed E-state index contributed by atoms with van der Waals surface area (Å²) in [5.74, 6) is 0. The van der Waals surface area contributed by atoms with Gasteiger partial charge in [-0.25, -0.2) is 0 Å². The molecule has 0 amide bonds. The fourth-order valence-corrected chi connectivity index (χ4v) is 14.7. The SMILES string of the molecule is [CH-]=O.[F][RuH].c1ccc([PH+](c2ccccc2)c2ccccc2)cc1.c1ccc([PH+](c2ccccc2)c2ccccc2)cc1.c1ccc([PH+](c2ccccc2)c2ccccc2)cc1. The normalized spacial score (nSPS) is 10.1. The molecule has 0 aliphatic carbocycles. The van der Waals surface area contributed by atoms with Gasteiger partial charge in [-0.3, -0.25) is 6.79 Å². The van der Waals surface area contributed by atoms with Crippen molar-refractivity contribution < 1.29 is 26.9 Å². The van der Waals surface area contributed by atoms with Crippen molar-refractivity contribution in [2.75, 3.05) is 0 Å². The number of rotatable bonds is 9. The van der Waals surface area contributed by atoms with Gasteiger partial charge in [-0.2, -0.15) is 0 Å². The molecule has 9 rings (SSSR count). The van der Waals surface area contributed by atoms with E-state index in [4.69, 9.17) is 4.79 Å². The summed E-state index contributed by atoms with van der Waals surface area (Å²) in [4.78, 5) is 7.75. The Kier molecular flexibility index (Phi) is 20.9. The predicted molar refractivity (Wildman–Crippen MR) is 269 cm³/mol. The maximum Gasteiger partial charge on any atom is 0.102 e. The van der Waals surface area contributed by atoms with E-state index in [1.54, 1.807) is 0 Å². The Morgan fingerprint density at radius 1 is 0.213 bits per heavy atom. The van der Waals surface area contributed by atoms with Gasteiger partial charge in [0.15, 0.2) is 0 Å². The van der Waals surface area contributed by atoms with Gasteiger partial charge in [0.1, 0.15) is 47.7 Å². The molecule has 0 N–H and O–H groups in total. The molecule has 0 saturated carbocycles. The molecule has 0 spiro atoms. The van der Waals surface area contributed by atoms with Crippen LogP contribution in [0.2, 0.25) is 0 Å². The molecule has 9 aromatic carbocycles. The maximum absolute atomic E-state index is 9.47. The molecule has 0 heterocycles. The first-order valence-corrected chi connectivity index (χ1v) is 25.0. The van der Waals surface area contributed by atoms with Crippen molar-refractivity contribution in [2.45, 2.75) is 0 Å². The summed E-state index contributed by atoms with van der Waals surface area (Å²) in [6, 6.07) is 97.5. The van der Waals surface area contributed by atoms with E-state index in [1.807, 2.05) is 0 Å². The topological polar surface area (TPSA) is 17.1 Å². The minimum atomic E-state index is -0.877.